The predicted octanol–water partition coefficient (Wildman–Crippen LogP) is 4.72. The Morgan fingerprint density at radius 2 is 0.923 bits per heavy atom. The molecule has 4 rings (SSSR count). The molecule has 3 aromatic carbocycles. The average molecular weight is 375 g/mol. The van der Waals surface area contributed by atoms with Gasteiger partial charge in [0, 0.05) is 5.25 Å². The fourth-order valence-corrected chi connectivity index (χ4v) is 13.3. The minimum Gasteiger partial charge on any atom is -0.166 e. The zero-order valence-corrected chi connectivity index (χ0v) is 17.0. The van der Waals surface area contributed by atoms with Gasteiger partial charge in [0.2, 0.25) is 7.22 Å². The second-order valence-electron chi connectivity index (χ2n) is 7.16. The Labute approximate surface area is 162 Å². The first kappa shape index (κ1) is 17.6. The minimum atomic E-state index is -2.09. The molecule has 0 heterocycles. The van der Waals surface area contributed by atoms with Gasteiger partial charge in [-0.2, -0.15) is 11.2 Å². The van der Waals surface area contributed by atoms with Crippen LogP contribution in [0.15, 0.2) is 91.0 Å². The molecule has 132 valence electrons. The van der Waals surface area contributed by atoms with Gasteiger partial charge in [-0.15, -0.1) is 0 Å². The summed E-state index contributed by atoms with van der Waals surface area (Å²) >= 11 is 2.31. The van der Waals surface area contributed by atoms with E-state index < -0.39 is 7.22 Å². The molecule has 1 aliphatic rings. The molecule has 0 amide bonds. The van der Waals surface area contributed by atoms with Crippen molar-refractivity contribution in [3.05, 3.63) is 91.0 Å². The minimum absolute atomic E-state index is 0.774. The molecular formula is C24H26SSi. The highest BCUT2D eigenvalue weighted by Gasteiger charge is 2.42. The molecule has 0 nitrogen and oxygen atoms in total. The van der Waals surface area contributed by atoms with Crippen LogP contribution in [0.1, 0.15) is 32.1 Å². The van der Waals surface area contributed by atoms with E-state index in [4.69, 9.17) is 0 Å². The largest absolute Gasteiger partial charge is 0.209 e. The molecule has 0 aromatic heterocycles. The molecule has 0 aliphatic heterocycles. The summed E-state index contributed by atoms with van der Waals surface area (Å²) in [5.41, 5.74) is 0. The van der Waals surface area contributed by atoms with Gasteiger partial charge in [0.1, 0.15) is 0 Å². The summed E-state index contributed by atoms with van der Waals surface area (Å²) in [5.74, 6) is 0. The van der Waals surface area contributed by atoms with E-state index in [1.54, 1.807) is 0 Å². The van der Waals surface area contributed by atoms with E-state index in [0.29, 0.717) is 0 Å². The second kappa shape index (κ2) is 8.28. The van der Waals surface area contributed by atoms with E-state index in [-0.39, 0.29) is 0 Å². The lowest BCUT2D eigenvalue weighted by atomic mass is 10.0. The summed E-state index contributed by atoms with van der Waals surface area (Å²) < 4.78 is 0. The van der Waals surface area contributed by atoms with Crippen LogP contribution in [-0.2, 0) is 0 Å². The van der Waals surface area contributed by atoms with Crippen LogP contribution >= 0.6 is 11.2 Å². The lowest BCUT2D eigenvalue weighted by Gasteiger charge is -2.37. The van der Waals surface area contributed by atoms with Crippen molar-refractivity contribution in [1.29, 1.82) is 0 Å². The van der Waals surface area contributed by atoms with Crippen molar-refractivity contribution in [2.45, 2.75) is 37.4 Å². The Kier molecular flexibility index (Phi) is 5.61. The van der Waals surface area contributed by atoms with Gasteiger partial charge in [0.15, 0.2) is 0 Å². The second-order valence-corrected chi connectivity index (χ2v) is 13.7. The molecule has 0 saturated heterocycles. The fraction of sp³-hybridized carbons (Fsp3) is 0.250. The first-order chi connectivity index (χ1) is 12.9. The molecule has 0 N–H and O–H groups in total. The maximum atomic E-state index is 2.36. The van der Waals surface area contributed by atoms with Crippen molar-refractivity contribution in [2.24, 2.45) is 0 Å². The molecule has 0 spiro atoms. The molecule has 3 aromatic rings. The monoisotopic (exact) mass is 374 g/mol. The van der Waals surface area contributed by atoms with E-state index in [2.05, 4.69) is 102 Å². The quantitative estimate of drug-likeness (QED) is 0.460. The van der Waals surface area contributed by atoms with Crippen molar-refractivity contribution < 1.29 is 0 Å². The van der Waals surface area contributed by atoms with Crippen LogP contribution in [0.3, 0.4) is 0 Å². The van der Waals surface area contributed by atoms with Gasteiger partial charge in [-0.1, -0.05) is 110 Å². The van der Waals surface area contributed by atoms with Crippen molar-refractivity contribution in [1.82, 2.24) is 0 Å². The normalized spacial score (nSPS) is 15.7. The Morgan fingerprint density at radius 3 is 1.31 bits per heavy atom. The van der Waals surface area contributed by atoms with Crippen LogP contribution in [0.25, 0.3) is 0 Å². The Bertz CT molecular complexity index is 699. The molecule has 0 bridgehead atoms. The topological polar surface area (TPSA) is 0 Å². The van der Waals surface area contributed by atoms with E-state index in [0.717, 1.165) is 5.25 Å². The van der Waals surface area contributed by atoms with E-state index in [9.17, 15) is 0 Å². The Balaban J connectivity index is 1.90. The Hall–Kier alpha value is -1.77. The number of benzene rings is 3. The zero-order valence-electron chi connectivity index (χ0n) is 15.2. The third kappa shape index (κ3) is 3.53. The van der Waals surface area contributed by atoms with Gasteiger partial charge in [-0.25, -0.2) is 0 Å². The molecular weight excluding hydrogens is 348 g/mol. The molecule has 1 aliphatic carbocycles. The van der Waals surface area contributed by atoms with Crippen molar-refractivity contribution in [2.75, 3.05) is 0 Å². The van der Waals surface area contributed by atoms with Crippen molar-refractivity contribution >= 4 is 34.0 Å². The highest BCUT2D eigenvalue weighted by molar-refractivity contribution is 8.33. The van der Waals surface area contributed by atoms with Crippen LogP contribution in [0, 0.1) is 0 Å². The van der Waals surface area contributed by atoms with Crippen LogP contribution in [0.2, 0.25) is 0 Å². The highest BCUT2D eigenvalue weighted by Crippen LogP contribution is 2.34. The molecule has 1 fully saturated rings. The van der Waals surface area contributed by atoms with Crippen molar-refractivity contribution in [3.63, 3.8) is 0 Å². The number of rotatable bonds is 5. The molecule has 0 radical (unpaired) electrons. The zero-order chi connectivity index (χ0) is 17.7. The molecule has 1 saturated carbocycles. The lowest BCUT2D eigenvalue weighted by molar-refractivity contribution is 0.517. The number of hydrogen-bond acceptors (Lipinski definition) is 1. The summed E-state index contributed by atoms with van der Waals surface area (Å²) in [6, 6.07) is 33.9. The van der Waals surface area contributed by atoms with Gasteiger partial charge in [-0.3, -0.25) is 0 Å². The van der Waals surface area contributed by atoms with Gasteiger partial charge in [0.05, 0.1) is 0 Å². The summed E-state index contributed by atoms with van der Waals surface area (Å²) in [4.78, 5) is 0. The summed E-state index contributed by atoms with van der Waals surface area (Å²) in [6.07, 6.45) is 6.92. The van der Waals surface area contributed by atoms with Gasteiger partial charge in [-0.05, 0) is 28.4 Å². The number of hydrogen-bond donors (Lipinski definition) is 0. The van der Waals surface area contributed by atoms with E-state index in [1.165, 1.54) is 47.7 Å². The first-order valence-corrected chi connectivity index (χ1v) is 13.3. The average Bonchev–Trinajstić information content (AvgIpc) is 2.75. The van der Waals surface area contributed by atoms with E-state index in [1.807, 2.05) is 0 Å². The first-order valence-electron chi connectivity index (χ1n) is 9.74. The SMILES string of the molecule is c1ccc([Si](SC2CCCCC2)(c2ccccc2)c2ccccc2)cc1. The van der Waals surface area contributed by atoms with E-state index >= 15 is 0 Å². The molecule has 0 atom stereocenters. The van der Waals surface area contributed by atoms with Crippen LogP contribution < -0.4 is 15.6 Å². The van der Waals surface area contributed by atoms with Crippen molar-refractivity contribution in [3.8, 4) is 0 Å². The van der Waals surface area contributed by atoms with Gasteiger partial charge < -0.3 is 0 Å². The lowest BCUT2D eigenvalue weighted by Crippen LogP contribution is -2.65. The Morgan fingerprint density at radius 1 is 0.538 bits per heavy atom. The molecule has 26 heavy (non-hydrogen) atoms. The van der Waals surface area contributed by atoms with Gasteiger partial charge in [0.25, 0.3) is 0 Å². The fourth-order valence-electron chi connectivity index (χ4n) is 4.16. The third-order valence-corrected chi connectivity index (χ3v) is 14.2. The summed E-state index contributed by atoms with van der Waals surface area (Å²) in [5, 5.41) is 5.34. The van der Waals surface area contributed by atoms with Crippen LogP contribution in [-0.4, -0.2) is 12.5 Å². The predicted molar refractivity (Wildman–Crippen MR) is 118 cm³/mol. The molecule has 2 heteroatoms. The van der Waals surface area contributed by atoms with Gasteiger partial charge >= 0.3 is 0 Å². The standard InChI is InChI=1S/C24H26SSi/c1-5-13-21(14-6-1)25-26(22-15-7-2-8-16-22,23-17-9-3-10-18-23)24-19-11-4-12-20-24/h2-4,7-12,15-21H,1,5-6,13-14H2. The summed E-state index contributed by atoms with van der Waals surface area (Å²) in [7, 11) is -2.09. The summed E-state index contributed by atoms with van der Waals surface area (Å²) in [6.45, 7) is 0. The third-order valence-electron chi connectivity index (χ3n) is 5.44. The maximum absolute atomic E-state index is 2.36. The highest BCUT2D eigenvalue weighted by atomic mass is 32.4. The van der Waals surface area contributed by atoms with Crippen LogP contribution in [0.4, 0.5) is 0 Å². The maximum Gasteiger partial charge on any atom is 0.209 e. The van der Waals surface area contributed by atoms with Crippen LogP contribution in [0.5, 0.6) is 0 Å². The molecule has 0 unspecified atom stereocenters. The smallest absolute Gasteiger partial charge is 0.166 e.